The van der Waals surface area contributed by atoms with E-state index in [1.807, 2.05) is 0 Å². The number of Topliss-reactive ketones (excluding diaryl/α,β-unsaturated/α-hetero) is 1. The largest absolute Gasteiger partial charge is 0.497 e. The van der Waals surface area contributed by atoms with E-state index >= 15 is 0 Å². The molecule has 2 aromatic heterocycles. The van der Waals surface area contributed by atoms with Gasteiger partial charge in [-0.1, -0.05) is 32.5 Å². The molecule has 2 heterocycles. The predicted molar refractivity (Wildman–Crippen MR) is 127 cm³/mol. The molecule has 0 unspecified atom stereocenters. The number of carbonyl (C=O) groups is 1. The molecule has 0 aliphatic heterocycles. The lowest BCUT2D eigenvalue weighted by Crippen LogP contribution is -2.09. The molecule has 4 rings (SSSR count). The molecule has 1 aliphatic carbocycles. The maximum Gasteiger partial charge on any atom is 0.176 e. The molecular weight excluding hydrogens is 428 g/mol. The highest BCUT2D eigenvalue weighted by atomic mass is 32.2. The van der Waals surface area contributed by atoms with Crippen molar-refractivity contribution in [1.29, 1.82) is 0 Å². The summed E-state index contributed by atoms with van der Waals surface area (Å²) >= 11 is 3.31. The van der Waals surface area contributed by atoms with Crippen LogP contribution in [0.15, 0.2) is 23.2 Å². The Hall–Kier alpha value is -2.12. The van der Waals surface area contributed by atoms with E-state index < -0.39 is 0 Å². The molecule has 0 fully saturated rings. The maximum absolute atomic E-state index is 13.1. The van der Waals surface area contributed by atoms with Crippen molar-refractivity contribution in [1.82, 2.24) is 9.97 Å². The smallest absolute Gasteiger partial charge is 0.176 e. The third-order valence-electron chi connectivity index (χ3n) is 5.70. The highest BCUT2D eigenvalue weighted by Gasteiger charge is 2.25. The zero-order valence-electron chi connectivity index (χ0n) is 18.7. The third kappa shape index (κ3) is 4.44. The van der Waals surface area contributed by atoms with Gasteiger partial charge in [-0.25, -0.2) is 9.97 Å². The van der Waals surface area contributed by atoms with Crippen LogP contribution < -0.4 is 9.47 Å². The van der Waals surface area contributed by atoms with Crippen LogP contribution in [0.1, 0.15) is 59.7 Å². The van der Waals surface area contributed by atoms with Crippen molar-refractivity contribution >= 4 is 39.1 Å². The van der Waals surface area contributed by atoms with E-state index in [0.29, 0.717) is 23.0 Å². The number of hydrogen-bond acceptors (Lipinski definition) is 7. The second kappa shape index (κ2) is 9.17. The SMILES string of the molecule is COc1ccc(OC)c(C(=O)CSc2nc(C(C)C)nc3sc4c(c23)CC[C@H](C)C4)c1. The quantitative estimate of drug-likeness (QED) is 0.249. The van der Waals surface area contributed by atoms with E-state index in [1.54, 1.807) is 43.8 Å². The number of ether oxygens (including phenoxy) is 2. The molecule has 0 radical (unpaired) electrons. The van der Waals surface area contributed by atoms with Crippen LogP contribution in [0.25, 0.3) is 10.2 Å². The van der Waals surface area contributed by atoms with Crippen molar-refractivity contribution in [2.75, 3.05) is 20.0 Å². The first-order valence-corrected chi connectivity index (χ1v) is 12.4. The summed E-state index contributed by atoms with van der Waals surface area (Å²) in [5.41, 5.74) is 1.92. The van der Waals surface area contributed by atoms with Gasteiger partial charge in [0.2, 0.25) is 0 Å². The number of fused-ring (bicyclic) bond motifs is 3. The van der Waals surface area contributed by atoms with E-state index in [9.17, 15) is 4.79 Å². The average molecular weight is 457 g/mol. The Morgan fingerprint density at radius 1 is 1.26 bits per heavy atom. The van der Waals surface area contributed by atoms with Crippen molar-refractivity contribution in [3.63, 3.8) is 0 Å². The molecule has 5 nitrogen and oxygen atoms in total. The highest BCUT2D eigenvalue weighted by Crippen LogP contribution is 2.41. The number of carbonyl (C=O) groups excluding carboxylic acids is 1. The van der Waals surface area contributed by atoms with Crippen LogP contribution in [-0.4, -0.2) is 35.7 Å². The number of hydrogen-bond donors (Lipinski definition) is 0. The summed E-state index contributed by atoms with van der Waals surface area (Å²) < 4.78 is 10.7. The van der Waals surface area contributed by atoms with E-state index in [0.717, 1.165) is 33.9 Å². The zero-order valence-corrected chi connectivity index (χ0v) is 20.3. The van der Waals surface area contributed by atoms with Gasteiger partial charge in [0.05, 0.1) is 25.5 Å². The Kier molecular flexibility index (Phi) is 6.53. The zero-order chi connectivity index (χ0) is 22.1. The average Bonchev–Trinajstić information content (AvgIpc) is 3.13. The number of thiophene rings is 1. The molecule has 0 spiro atoms. The molecule has 0 saturated heterocycles. The first kappa shape index (κ1) is 22.1. The minimum Gasteiger partial charge on any atom is -0.497 e. The van der Waals surface area contributed by atoms with E-state index in [4.69, 9.17) is 19.4 Å². The Morgan fingerprint density at radius 2 is 2.06 bits per heavy atom. The molecule has 0 amide bonds. The summed E-state index contributed by atoms with van der Waals surface area (Å²) in [5, 5.41) is 2.09. The number of nitrogens with zero attached hydrogens (tertiary/aromatic N) is 2. The standard InChI is InChI=1S/C24H28N2O3S2/c1-13(2)22-25-23(21-16-8-6-14(3)10-20(16)31-24(21)26-22)30-12-18(27)17-11-15(28-4)7-9-19(17)29-5/h7,9,11,13-14H,6,8,10,12H2,1-5H3/t14-/m0/s1. The van der Waals surface area contributed by atoms with Crippen molar-refractivity contribution < 1.29 is 14.3 Å². The van der Waals surface area contributed by atoms with Gasteiger partial charge in [-0.05, 0) is 48.9 Å². The highest BCUT2D eigenvalue weighted by molar-refractivity contribution is 8.00. The molecule has 1 atom stereocenters. The second-order valence-corrected chi connectivity index (χ2v) is 10.4. The van der Waals surface area contributed by atoms with Gasteiger partial charge < -0.3 is 9.47 Å². The molecule has 1 aliphatic rings. The van der Waals surface area contributed by atoms with Gasteiger partial charge in [-0.2, -0.15) is 0 Å². The molecular formula is C24H28N2O3S2. The number of benzene rings is 1. The Morgan fingerprint density at radius 3 is 2.77 bits per heavy atom. The molecule has 1 aromatic carbocycles. The molecule has 3 aromatic rings. The number of methoxy groups -OCH3 is 2. The molecule has 7 heteroatoms. The topological polar surface area (TPSA) is 61.3 Å². The number of ketones is 1. The van der Waals surface area contributed by atoms with Crippen molar-refractivity contribution in [3.8, 4) is 11.5 Å². The third-order valence-corrected chi connectivity index (χ3v) is 7.83. The van der Waals surface area contributed by atoms with Gasteiger partial charge in [0, 0.05) is 16.2 Å². The van der Waals surface area contributed by atoms with Gasteiger partial charge in [0.15, 0.2) is 5.78 Å². The van der Waals surface area contributed by atoms with E-state index in [1.165, 1.54) is 28.6 Å². The first-order chi connectivity index (χ1) is 14.9. The van der Waals surface area contributed by atoms with Crippen molar-refractivity contribution in [2.45, 2.75) is 51.0 Å². The lowest BCUT2D eigenvalue weighted by atomic mass is 9.89. The second-order valence-electron chi connectivity index (χ2n) is 8.35. The molecule has 0 N–H and O–H groups in total. The fourth-order valence-electron chi connectivity index (χ4n) is 3.93. The van der Waals surface area contributed by atoms with Gasteiger partial charge in [-0.3, -0.25) is 4.79 Å². The van der Waals surface area contributed by atoms with Crippen LogP contribution in [0, 0.1) is 5.92 Å². The summed E-state index contributed by atoms with van der Waals surface area (Å²) in [6.07, 6.45) is 3.36. The summed E-state index contributed by atoms with van der Waals surface area (Å²) in [7, 11) is 3.17. The molecule has 31 heavy (non-hydrogen) atoms. The van der Waals surface area contributed by atoms with Crippen molar-refractivity contribution in [3.05, 3.63) is 40.0 Å². The lowest BCUT2D eigenvalue weighted by Gasteiger charge is -2.18. The van der Waals surface area contributed by atoms with Gasteiger partial charge in [0.25, 0.3) is 0 Å². The van der Waals surface area contributed by atoms with Gasteiger partial charge >= 0.3 is 0 Å². The summed E-state index contributed by atoms with van der Waals surface area (Å²) in [6.45, 7) is 6.53. The predicted octanol–water partition coefficient (Wildman–Crippen LogP) is 5.93. The number of rotatable bonds is 7. The van der Waals surface area contributed by atoms with E-state index in [-0.39, 0.29) is 17.5 Å². The minimum absolute atomic E-state index is 0.00340. The monoisotopic (exact) mass is 456 g/mol. The van der Waals surface area contributed by atoms with Crippen LogP contribution in [-0.2, 0) is 12.8 Å². The summed E-state index contributed by atoms with van der Waals surface area (Å²) in [5.74, 6) is 3.26. The van der Waals surface area contributed by atoms with Crippen molar-refractivity contribution in [2.24, 2.45) is 5.92 Å². The van der Waals surface area contributed by atoms with Crippen LogP contribution in [0.5, 0.6) is 11.5 Å². The Balaban J connectivity index is 1.69. The van der Waals surface area contributed by atoms with E-state index in [2.05, 4.69) is 20.8 Å². The lowest BCUT2D eigenvalue weighted by molar-refractivity contribution is 0.101. The van der Waals surface area contributed by atoms with Crippen LogP contribution in [0.4, 0.5) is 0 Å². The van der Waals surface area contributed by atoms with Gasteiger partial charge in [0.1, 0.15) is 27.2 Å². The normalized spacial score (nSPS) is 15.9. The number of thioether (sulfide) groups is 1. The van der Waals surface area contributed by atoms with Crippen LogP contribution >= 0.6 is 23.1 Å². The Bertz CT molecular complexity index is 1120. The fourth-order valence-corrected chi connectivity index (χ4v) is 6.33. The fraction of sp³-hybridized carbons (Fsp3) is 0.458. The maximum atomic E-state index is 13.1. The summed E-state index contributed by atoms with van der Waals surface area (Å²) in [6, 6.07) is 5.31. The van der Waals surface area contributed by atoms with Crippen LogP contribution in [0.3, 0.4) is 0 Å². The number of aryl methyl sites for hydroxylation is 1. The molecule has 0 bridgehead atoms. The van der Waals surface area contributed by atoms with Crippen LogP contribution in [0.2, 0.25) is 0 Å². The molecule has 164 valence electrons. The van der Waals surface area contributed by atoms with Gasteiger partial charge in [-0.15, -0.1) is 11.3 Å². The Labute approximate surface area is 191 Å². The molecule has 0 saturated carbocycles. The first-order valence-electron chi connectivity index (χ1n) is 10.6. The summed E-state index contributed by atoms with van der Waals surface area (Å²) in [4.78, 5) is 25.4. The number of aromatic nitrogens is 2. The minimum atomic E-state index is -0.00340.